The smallest absolute Gasteiger partial charge is 0.0553 e. The lowest BCUT2D eigenvalue weighted by atomic mass is 10.1. The molecular weight excluding hydrogens is 196 g/mol. The summed E-state index contributed by atoms with van der Waals surface area (Å²) in [6.07, 6.45) is 1.86. The van der Waals surface area contributed by atoms with Gasteiger partial charge in [0.1, 0.15) is 0 Å². The van der Waals surface area contributed by atoms with Crippen molar-refractivity contribution in [3.8, 4) is 0 Å². The van der Waals surface area contributed by atoms with Gasteiger partial charge in [-0.2, -0.15) is 0 Å². The van der Waals surface area contributed by atoms with Gasteiger partial charge in [0, 0.05) is 30.7 Å². The molecule has 3 heteroatoms. The van der Waals surface area contributed by atoms with Crippen molar-refractivity contribution in [3.05, 3.63) is 24.0 Å². The molecule has 0 amide bonds. The van der Waals surface area contributed by atoms with E-state index in [4.69, 9.17) is 11.6 Å². The third-order valence-electron chi connectivity index (χ3n) is 2.77. The molecule has 2 atom stereocenters. The van der Waals surface area contributed by atoms with Crippen molar-refractivity contribution < 1.29 is 0 Å². The highest BCUT2D eigenvalue weighted by Crippen LogP contribution is 2.26. The molecular formula is C11H15ClN2. The first-order chi connectivity index (χ1) is 6.66. The zero-order chi connectivity index (χ0) is 10.1. The second-order valence-electron chi connectivity index (χ2n) is 4.05. The number of nitrogens with zero attached hydrogens (tertiary/aromatic N) is 2. The van der Waals surface area contributed by atoms with Crippen LogP contribution in [0.4, 0.5) is 5.69 Å². The first-order valence-corrected chi connectivity index (χ1v) is 5.42. The Labute approximate surface area is 89.9 Å². The Kier molecular flexibility index (Phi) is 2.64. The molecule has 2 unspecified atom stereocenters. The number of halogens is 1. The molecule has 2 rings (SSSR count). The Bertz CT molecular complexity index is 317. The van der Waals surface area contributed by atoms with Gasteiger partial charge >= 0.3 is 0 Å². The minimum Gasteiger partial charge on any atom is -0.370 e. The number of aryl methyl sites for hydroxylation is 1. The highest BCUT2D eigenvalue weighted by Gasteiger charge is 2.27. The summed E-state index contributed by atoms with van der Waals surface area (Å²) in [4.78, 5) is 6.52. The van der Waals surface area contributed by atoms with Crippen LogP contribution in [-0.4, -0.2) is 23.5 Å². The average Bonchev–Trinajstić information content (AvgIpc) is 2.47. The number of rotatable bonds is 1. The molecule has 1 saturated heterocycles. The minimum atomic E-state index is 0.281. The fraction of sp³-hybridized carbons (Fsp3) is 0.545. The van der Waals surface area contributed by atoms with E-state index in [1.165, 1.54) is 5.69 Å². The van der Waals surface area contributed by atoms with E-state index in [-0.39, 0.29) is 5.38 Å². The van der Waals surface area contributed by atoms with Gasteiger partial charge in [0.15, 0.2) is 0 Å². The van der Waals surface area contributed by atoms with Gasteiger partial charge in [0.25, 0.3) is 0 Å². The number of anilines is 1. The van der Waals surface area contributed by atoms with Crippen molar-refractivity contribution in [3.63, 3.8) is 0 Å². The molecule has 0 aliphatic carbocycles. The van der Waals surface area contributed by atoms with Crippen molar-refractivity contribution in [2.45, 2.75) is 19.2 Å². The van der Waals surface area contributed by atoms with Crippen molar-refractivity contribution in [1.29, 1.82) is 0 Å². The van der Waals surface area contributed by atoms with Gasteiger partial charge in [0.2, 0.25) is 0 Å². The molecule has 0 radical (unpaired) electrons. The summed E-state index contributed by atoms with van der Waals surface area (Å²) in [5, 5.41) is 0.281. The predicted molar refractivity (Wildman–Crippen MR) is 60.0 cm³/mol. The summed E-state index contributed by atoms with van der Waals surface area (Å²) < 4.78 is 0. The van der Waals surface area contributed by atoms with Crippen LogP contribution in [0.3, 0.4) is 0 Å². The van der Waals surface area contributed by atoms with Crippen LogP contribution in [-0.2, 0) is 0 Å². The van der Waals surface area contributed by atoms with Crippen LogP contribution in [0.2, 0.25) is 0 Å². The van der Waals surface area contributed by atoms with Gasteiger partial charge in [-0.1, -0.05) is 6.92 Å². The van der Waals surface area contributed by atoms with E-state index in [0.717, 1.165) is 18.8 Å². The lowest BCUT2D eigenvalue weighted by Gasteiger charge is -2.17. The van der Waals surface area contributed by atoms with Crippen molar-refractivity contribution in [1.82, 2.24) is 4.98 Å². The molecule has 0 aromatic carbocycles. The average molecular weight is 211 g/mol. The summed E-state index contributed by atoms with van der Waals surface area (Å²) in [6.45, 7) is 6.22. The molecule has 76 valence electrons. The van der Waals surface area contributed by atoms with Gasteiger partial charge < -0.3 is 4.90 Å². The predicted octanol–water partition coefficient (Wildman–Crippen LogP) is 2.45. The summed E-state index contributed by atoms with van der Waals surface area (Å²) in [5.74, 6) is 0.574. The number of pyridine rings is 1. The molecule has 1 fully saturated rings. The Morgan fingerprint density at radius 1 is 1.50 bits per heavy atom. The molecule has 1 aromatic rings. The first-order valence-electron chi connectivity index (χ1n) is 4.98. The van der Waals surface area contributed by atoms with Gasteiger partial charge in [0.05, 0.1) is 5.38 Å². The van der Waals surface area contributed by atoms with Gasteiger partial charge in [-0.25, -0.2) is 0 Å². The van der Waals surface area contributed by atoms with E-state index < -0.39 is 0 Å². The molecule has 2 nitrogen and oxygen atoms in total. The van der Waals surface area contributed by atoms with E-state index in [2.05, 4.69) is 28.9 Å². The SMILES string of the molecule is Cc1cc(N2CC(C)C(Cl)C2)ccn1. The van der Waals surface area contributed by atoms with Gasteiger partial charge in [-0.3, -0.25) is 4.98 Å². The third-order valence-corrected chi connectivity index (χ3v) is 3.33. The van der Waals surface area contributed by atoms with Gasteiger partial charge in [-0.15, -0.1) is 11.6 Å². The highest BCUT2D eigenvalue weighted by atomic mass is 35.5. The van der Waals surface area contributed by atoms with Crippen LogP contribution >= 0.6 is 11.6 Å². The fourth-order valence-electron chi connectivity index (χ4n) is 1.87. The summed E-state index contributed by atoms with van der Waals surface area (Å²) in [7, 11) is 0. The van der Waals surface area contributed by atoms with E-state index in [1.807, 2.05) is 13.1 Å². The maximum absolute atomic E-state index is 6.19. The maximum Gasteiger partial charge on any atom is 0.0553 e. The lowest BCUT2D eigenvalue weighted by Crippen LogP contribution is -2.19. The van der Waals surface area contributed by atoms with Crippen molar-refractivity contribution >= 4 is 17.3 Å². The monoisotopic (exact) mass is 210 g/mol. The standard InChI is InChI=1S/C11H15ClN2/c1-8-6-14(7-11(8)12)10-3-4-13-9(2)5-10/h3-5,8,11H,6-7H2,1-2H3. The Balaban J connectivity index is 2.17. The third kappa shape index (κ3) is 1.85. The summed E-state index contributed by atoms with van der Waals surface area (Å²) in [5.41, 5.74) is 2.31. The van der Waals surface area contributed by atoms with Crippen molar-refractivity contribution in [2.75, 3.05) is 18.0 Å². The normalized spacial score (nSPS) is 26.9. The second-order valence-corrected chi connectivity index (χ2v) is 4.61. The molecule has 2 heterocycles. The molecule has 14 heavy (non-hydrogen) atoms. The van der Waals surface area contributed by atoms with Gasteiger partial charge in [-0.05, 0) is 25.0 Å². The second kappa shape index (κ2) is 3.77. The largest absolute Gasteiger partial charge is 0.370 e. The zero-order valence-electron chi connectivity index (χ0n) is 8.57. The molecule has 0 bridgehead atoms. The Morgan fingerprint density at radius 3 is 2.86 bits per heavy atom. The molecule has 0 N–H and O–H groups in total. The van der Waals surface area contributed by atoms with Crippen LogP contribution in [0, 0.1) is 12.8 Å². The van der Waals surface area contributed by atoms with Crippen LogP contribution in [0.25, 0.3) is 0 Å². The van der Waals surface area contributed by atoms with Crippen LogP contribution in [0.15, 0.2) is 18.3 Å². The van der Waals surface area contributed by atoms with Crippen LogP contribution in [0.1, 0.15) is 12.6 Å². The Morgan fingerprint density at radius 2 is 2.29 bits per heavy atom. The lowest BCUT2D eigenvalue weighted by molar-refractivity contribution is 0.666. The van der Waals surface area contributed by atoms with Crippen LogP contribution in [0.5, 0.6) is 0 Å². The molecule has 1 aliphatic rings. The Hall–Kier alpha value is -0.760. The number of aromatic nitrogens is 1. The molecule has 0 saturated carbocycles. The summed E-state index contributed by atoms with van der Waals surface area (Å²) >= 11 is 6.19. The molecule has 1 aliphatic heterocycles. The van der Waals surface area contributed by atoms with E-state index >= 15 is 0 Å². The topological polar surface area (TPSA) is 16.1 Å². The van der Waals surface area contributed by atoms with Crippen molar-refractivity contribution in [2.24, 2.45) is 5.92 Å². The summed E-state index contributed by atoms with van der Waals surface area (Å²) in [6, 6.07) is 4.16. The molecule has 0 spiro atoms. The highest BCUT2D eigenvalue weighted by molar-refractivity contribution is 6.21. The van der Waals surface area contributed by atoms with E-state index in [1.54, 1.807) is 0 Å². The molecule has 1 aromatic heterocycles. The minimum absolute atomic E-state index is 0.281. The number of alkyl halides is 1. The quantitative estimate of drug-likeness (QED) is 0.662. The van der Waals surface area contributed by atoms with E-state index in [9.17, 15) is 0 Å². The zero-order valence-corrected chi connectivity index (χ0v) is 9.33. The number of hydrogen-bond acceptors (Lipinski definition) is 2. The fourth-order valence-corrected chi connectivity index (χ4v) is 2.11. The number of hydrogen-bond donors (Lipinski definition) is 0. The maximum atomic E-state index is 6.19. The van der Waals surface area contributed by atoms with E-state index in [0.29, 0.717) is 5.92 Å². The first kappa shape index (κ1) is 9.78. The van der Waals surface area contributed by atoms with Crippen LogP contribution < -0.4 is 4.90 Å².